The minimum Gasteiger partial charge on any atom is -0.342 e. The first-order chi connectivity index (χ1) is 11.7. The zero-order valence-electron chi connectivity index (χ0n) is 13.1. The Labute approximate surface area is 143 Å². The number of carbonyl (C=O) groups excluding carboxylic acids is 1. The second kappa shape index (κ2) is 6.20. The number of aromatic nitrogens is 2. The highest BCUT2D eigenvalue weighted by atomic mass is 32.1. The van der Waals surface area contributed by atoms with Gasteiger partial charge in [0.15, 0.2) is 0 Å². The number of likely N-dealkylation sites (tertiary alicyclic amines) is 1. The molecule has 0 atom stereocenters. The maximum Gasteiger partial charge on any atom is 0.268 e. The summed E-state index contributed by atoms with van der Waals surface area (Å²) in [6, 6.07) is 11.8. The number of hydrogen-bond donors (Lipinski definition) is 1. The van der Waals surface area contributed by atoms with Gasteiger partial charge in [-0.05, 0) is 24.5 Å². The van der Waals surface area contributed by atoms with Gasteiger partial charge in [-0.2, -0.15) is 0 Å². The van der Waals surface area contributed by atoms with Crippen molar-refractivity contribution in [2.45, 2.75) is 19.3 Å². The molecule has 1 aromatic carbocycles. The van der Waals surface area contributed by atoms with Crippen LogP contribution in [0.3, 0.4) is 0 Å². The monoisotopic (exact) mass is 339 g/mol. The Bertz CT molecular complexity index is 940. The lowest BCUT2D eigenvalue weighted by Gasteiger charge is -2.14. The maximum absolute atomic E-state index is 12.3. The normalized spacial score (nSPS) is 14.4. The third kappa shape index (κ3) is 2.85. The average molecular weight is 339 g/mol. The number of H-pyrrole nitrogens is 1. The molecule has 1 aliphatic heterocycles. The van der Waals surface area contributed by atoms with Crippen LogP contribution in [0.2, 0.25) is 0 Å². The van der Waals surface area contributed by atoms with Crippen molar-refractivity contribution >= 4 is 27.5 Å². The Morgan fingerprint density at radius 2 is 1.96 bits per heavy atom. The number of fused-ring (bicyclic) bond motifs is 1. The molecule has 0 spiro atoms. The molecule has 1 aliphatic rings. The number of aromatic amines is 1. The van der Waals surface area contributed by atoms with E-state index < -0.39 is 0 Å². The van der Waals surface area contributed by atoms with Crippen LogP contribution >= 0.6 is 11.3 Å². The van der Waals surface area contributed by atoms with Gasteiger partial charge in [-0.3, -0.25) is 9.59 Å². The summed E-state index contributed by atoms with van der Waals surface area (Å²) in [4.78, 5) is 34.7. The van der Waals surface area contributed by atoms with Crippen molar-refractivity contribution in [3.63, 3.8) is 0 Å². The van der Waals surface area contributed by atoms with Crippen LogP contribution in [0, 0.1) is 0 Å². The summed E-state index contributed by atoms with van der Waals surface area (Å²) in [5.74, 6) is 0.482. The second-order valence-electron chi connectivity index (χ2n) is 5.97. The fraction of sp³-hybridized carbons (Fsp3) is 0.278. The quantitative estimate of drug-likeness (QED) is 0.798. The highest BCUT2D eigenvalue weighted by molar-refractivity contribution is 7.22. The van der Waals surface area contributed by atoms with Crippen LogP contribution < -0.4 is 5.56 Å². The highest BCUT2D eigenvalue weighted by Crippen LogP contribution is 2.30. The fourth-order valence-electron chi connectivity index (χ4n) is 3.04. The topological polar surface area (TPSA) is 66.1 Å². The number of rotatable bonds is 3. The molecule has 0 bridgehead atoms. The van der Waals surface area contributed by atoms with E-state index in [-0.39, 0.29) is 17.9 Å². The van der Waals surface area contributed by atoms with Gasteiger partial charge in [0, 0.05) is 18.0 Å². The molecule has 24 heavy (non-hydrogen) atoms. The smallest absolute Gasteiger partial charge is 0.268 e. The van der Waals surface area contributed by atoms with Crippen LogP contribution in [0.5, 0.6) is 0 Å². The molecule has 3 aromatic rings. The standard InChI is InChI=1S/C18H17N3O2S/c22-16(21-8-4-5-9-21)11-15-19-13-10-14(12-6-2-1-3-7-12)24-17(13)18(23)20-15/h1-3,6-7,10H,4-5,8-9,11H2,(H,19,20,23). The lowest BCUT2D eigenvalue weighted by molar-refractivity contribution is -0.129. The molecular formula is C18H17N3O2S. The summed E-state index contributed by atoms with van der Waals surface area (Å²) in [7, 11) is 0. The molecule has 1 N–H and O–H groups in total. The molecule has 5 nitrogen and oxygen atoms in total. The molecular weight excluding hydrogens is 322 g/mol. The van der Waals surface area contributed by atoms with Crippen molar-refractivity contribution in [2.24, 2.45) is 0 Å². The molecule has 6 heteroatoms. The lowest BCUT2D eigenvalue weighted by atomic mass is 10.2. The van der Waals surface area contributed by atoms with Crippen LogP contribution in [-0.4, -0.2) is 33.9 Å². The average Bonchev–Trinajstić information content (AvgIpc) is 3.25. The Kier molecular flexibility index (Phi) is 3.90. The predicted molar refractivity (Wildman–Crippen MR) is 95.2 cm³/mol. The number of benzene rings is 1. The van der Waals surface area contributed by atoms with E-state index in [2.05, 4.69) is 9.97 Å². The molecule has 122 valence electrons. The van der Waals surface area contributed by atoms with Gasteiger partial charge in [0.1, 0.15) is 10.5 Å². The number of amides is 1. The molecule has 0 aliphatic carbocycles. The Morgan fingerprint density at radius 3 is 2.71 bits per heavy atom. The van der Waals surface area contributed by atoms with E-state index in [0.717, 1.165) is 36.4 Å². The molecule has 3 heterocycles. The third-order valence-corrected chi connectivity index (χ3v) is 5.44. The van der Waals surface area contributed by atoms with Crippen LogP contribution in [0.4, 0.5) is 0 Å². The molecule has 0 saturated carbocycles. The molecule has 1 amide bonds. The highest BCUT2D eigenvalue weighted by Gasteiger charge is 2.19. The van der Waals surface area contributed by atoms with Gasteiger partial charge in [-0.1, -0.05) is 30.3 Å². The summed E-state index contributed by atoms with van der Waals surface area (Å²) in [5.41, 5.74) is 1.55. The Balaban J connectivity index is 1.66. The van der Waals surface area contributed by atoms with E-state index in [0.29, 0.717) is 16.0 Å². The predicted octanol–water partition coefficient (Wildman–Crippen LogP) is 2.82. The van der Waals surface area contributed by atoms with E-state index in [1.54, 1.807) is 0 Å². The van der Waals surface area contributed by atoms with E-state index in [1.807, 2.05) is 41.3 Å². The molecule has 4 rings (SSSR count). The third-order valence-electron chi connectivity index (χ3n) is 4.27. The molecule has 0 radical (unpaired) electrons. The van der Waals surface area contributed by atoms with Crippen molar-refractivity contribution in [1.29, 1.82) is 0 Å². The molecule has 1 saturated heterocycles. The van der Waals surface area contributed by atoms with E-state index >= 15 is 0 Å². The maximum atomic E-state index is 12.3. The first kappa shape index (κ1) is 15.1. The summed E-state index contributed by atoms with van der Waals surface area (Å²) >= 11 is 1.43. The number of hydrogen-bond acceptors (Lipinski definition) is 4. The largest absolute Gasteiger partial charge is 0.342 e. The number of carbonyl (C=O) groups is 1. The zero-order chi connectivity index (χ0) is 16.5. The van der Waals surface area contributed by atoms with E-state index in [9.17, 15) is 9.59 Å². The van der Waals surface area contributed by atoms with Crippen molar-refractivity contribution in [3.05, 3.63) is 52.6 Å². The van der Waals surface area contributed by atoms with E-state index in [4.69, 9.17) is 0 Å². The van der Waals surface area contributed by atoms with Crippen LogP contribution in [0.25, 0.3) is 20.7 Å². The summed E-state index contributed by atoms with van der Waals surface area (Å²) < 4.78 is 0.603. The zero-order valence-corrected chi connectivity index (χ0v) is 13.9. The number of nitrogens with one attached hydrogen (secondary N) is 1. The van der Waals surface area contributed by atoms with Gasteiger partial charge in [-0.15, -0.1) is 11.3 Å². The first-order valence-corrected chi connectivity index (χ1v) is 8.88. The summed E-state index contributed by atoms with van der Waals surface area (Å²) in [6.07, 6.45) is 2.26. The van der Waals surface area contributed by atoms with Crippen LogP contribution in [0.15, 0.2) is 41.2 Å². The second-order valence-corrected chi connectivity index (χ2v) is 7.02. The molecule has 0 unspecified atom stereocenters. The van der Waals surface area contributed by atoms with Crippen LogP contribution in [-0.2, 0) is 11.2 Å². The SMILES string of the molecule is O=C(Cc1nc2cc(-c3ccccc3)sc2c(=O)[nH]1)N1CCCC1. The molecule has 2 aromatic heterocycles. The van der Waals surface area contributed by atoms with Crippen molar-refractivity contribution in [3.8, 4) is 10.4 Å². The van der Waals surface area contributed by atoms with Gasteiger partial charge in [0.25, 0.3) is 5.56 Å². The number of nitrogens with zero attached hydrogens (tertiary/aromatic N) is 2. The van der Waals surface area contributed by atoms with Crippen LogP contribution in [0.1, 0.15) is 18.7 Å². The van der Waals surface area contributed by atoms with Crippen molar-refractivity contribution in [2.75, 3.05) is 13.1 Å². The van der Waals surface area contributed by atoms with Gasteiger partial charge in [0.2, 0.25) is 5.91 Å². The lowest BCUT2D eigenvalue weighted by Crippen LogP contribution is -2.30. The minimum atomic E-state index is -0.170. The van der Waals surface area contributed by atoms with Gasteiger partial charge >= 0.3 is 0 Å². The van der Waals surface area contributed by atoms with Gasteiger partial charge in [0.05, 0.1) is 11.9 Å². The molecule has 1 fully saturated rings. The van der Waals surface area contributed by atoms with E-state index in [1.165, 1.54) is 11.3 Å². The Morgan fingerprint density at radius 1 is 1.21 bits per heavy atom. The Hall–Kier alpha value is -2.47. The fourth-order valence-corrected chi connectivity index (χ4v) is 4.04. The summed E-state index contributed by atoms with van der Waals surface area (Å²) in [5, 5.41) is 0. The van der Waals surface area contributed by atoms with Gasteiger partial charge < -0.3 is 9.88 Å². The minimum absolute atomic E-state index is 0.0357. The summed E-state index contributed by atoms with van der Waals surface area (Å²) in [6.45, 7) is 1.61. The van der Waals surface area contributed by atoms with Gasteiger partial charge in [-0.25, -0.2) is 4.98 Å². The van der Waals surface area contributed by atoms with Crippen molar-refractivity contribution < 1.29 is 4.79 Å². The number of thiophene rings is 1. The first-order valence-electron chi connectivity index (χ1n) is 8.06. The van der Waals surface area contributed by atoms with Crippen molar-refractivity contribution in [1.82, 2.24) is 14.9 Å².